The summed E-state index contributed by atoms with van der Waals surface area (Å²) in [5, 5.41) is 3.71. The van der Waals surface area contributed by atoms with Crippen LogP contribution < -0.4 is 10.2 Å². The second-order valence-corrected chi connectivity index (χ2v) is 7.56. The monoisotopic (exact) mass is 382 g/mol. The van der Waals surface area contributed by atoms with Gasteiger partial charge in [-0.2, -0.15) is 0 Å². The van der Waals surface area contributed by atoms with E-state index in [9.17, 15) is 4.79 Å². The highest BCUT2D eigenvalue weighted by Crippen LogP contribution is 2.24. The number of hydrogen-bond acceptors (Lipinski definition) is 3. The van der Waals surface area contributed by atoms with Crippen molar-refractivity contribution >= 4 is 34.5 Å². The van der Waals surface area contributed by atoms with Gasteiger partial charge in [0.2, 0.25) is 11.9 Å². The molecule has 5 nitrogen and oxygen atoms in total. The van der Waals surface area contributed by atoms with Crippen molar-refractivity contribution in [3.63, 3.8) is 0 Å². The summed E-state index contributed by atoms with van der Waals surface area (Å²) in [4.78, 5) is 22.8. The van der Waals surface area contributed by atoms with E-state index in [-0.39, 0.29) is 11.8 Å². The van der Waals surface area contributed by atoms with Gasteiger partial charge in [0.15, 0.2) is 0 Å². The van der Waals surface area contributed by atoms with Gasteiger partial charge in [0.05, 0.1) is 11.0 Å². The summed E-state index contributed by atoms with van der Waals surface area (Å²) in [5.74, 6) is 1.04. The molecule has 27 heavy (non-hydrogen) atoms. The van der Waals surface area contributed by atoms with Crippen LogP contribution in [0.3, 0.4) is 0 Å². The maximum absolute atomic E-state index is 12.5. The van der Waals surface area contributed by atoms with Crippen molar-refractivity contribution in [2.75, 3.05) is 18.0 Å². The van der Waals surface area contributed by atoms with Crippen LogP contribution in [0.25, 0.3) is 11.0 Å². The van der Waals surface area contributed by atoms with Crippen LogP contribution in [-0.4, -0.2) is 29.0 Å². The predicted molar refractivity (Wildman–Crippen MR) is 109 cm³/mol. The number of halogens is 1. The number of piperidine rings is 1. The van der Waals surface area contributed by atoms with Crippen molar-refractivity contribution in [3.8, 4) is 0 Å². The van der Waals surface area contributed by atoms with E-state index in [0.29, 0.717) is 11.6 Å². The largest absolute Gasteiger partial charge is 0.352 e. The van der Waals surface area contributed by atoms with Gasteiger partial charge < -0.3 is 15.2 Å². The van der Waals surface area contributed by atoms with Crippen LogP contribution >= 0.6 is 11.6 Å². The molecule has 0 saturated carbocycles. The van der Waals surface area contributed by atoms with Gasteiger partial charge in [-0.05, 0) is 49.1 Å². The first-order valence-corrected chi connectivity index (χ1v) is 9.70. The number of benzene rings is 2. The molecule has 0 bridgehead atoms. The summed E-state index contributed by atoms with van der Waals surface area (Å²) in [6.07, 6.45) is 1.65. The SMILES string of the molecule is Cc1ccc2nc(N3CCC(C(=O)NCc4ccccc4Cl)CC3)[nH]c2c1. The molecular weight excluding hydrogens is 360 g/mol. The molecule has 2 aromatic carbocycles. The first-order valence-electron chi connectivity index (χ1n) is 9.32. The van der Waals surface area contributed by atoms with E-state index in [1.54, 1.807) is 0 Å². The van der Waals surface area contributed by atoms with Crippen LogP contribution in [0.5, 0.6) is 0 Å². The number of rotatable bonds is 4. The van der Waals surface area contributed by atoms with Gasteiger partial charge in [-0.25, -0.2) is 4.98 Å². The Bertz CT molecular complexity index is 960. The third-order valence-electron chi connectivity index (χ3n) is 5.20. The van der Waals surface area contributed by atoms with Crippen LogP contribution in [0.15, 0.2) is 42.5 Å². The number of anilines is 1. The highest BCUT2D eigenvalue weighted by atomic mass is 35.5. The maximum atomic E-state index is 12.5. The fourth-order valence-corrected chi connectivity index (χ4v) is 3.78. The predicted octanol–water partition coefficient (Wildman–Crippen LogP) is 4.06. The van der Waals surface area contributed by atoms with Crippen molar-refractivity contribution in [1.29, 1.82) is 0 Å². The molecule has 2 N–H and O–H groups in total. The molecular formula is C21H23ClN4O. The van der Waals surface area contributed by atoms with Gasteiger partial charge in [0.25, 0.3) is 0 Å². The molecule has 1 aliphatic rings. The van der Waals surface area contributed by atoms with E-state index in [1.807, 2.05) is 30.3 Å². The zero-order chi connectivity index (χ0) is 18.8. The number of carbonyl (C=O) groups is 1. The number of amides is 1. The molecule has 4 rings (SSSR count). The molecule has 6 heteroatoms. The quantitative estimate of drug-likeness (QED) is 0.715. The fourth-order valence-electron chi connectivity index (χ4n) is 3.58. The van der Waals surface area contributed by atoms with Gasteiger partial charge in [-0.15, -0.1) is 0 Å². The maximum Gasteiger partial charge on any atom is 0.223 e. The van der Waals surface area contributed by atoms with Gasteiger partial charge in [0, 0.05) is 30.6 Å². The van der Waals surface area contributed by atoms with Crippen LogP contribution in [0.4, 0.5) is 5.95 Å². The van der Waals surface area contributed by atoms with Gasteiger partial charge in [-0.3, -0.25) is 4.79 Å². The minimum Gasteiger partial charge on any atom is -0.352 e. The fraction of sp³-hybridized carbons (Fsp3) is 0.333. The molecule has 1 fully saturated rings. The molecule has 1 amide bonds. The topological polar surface area (TPSA) is 61.0 Å². The number of aryl methyl sites for hydroxylation is 1. The third kappa shape index (κ3) is 3.93. The molecule has 140 valence electrons. The minimum absolute atomic E-state index is 0.0374. The smallest absolute Gasteiger partial charge is 0.223 e. The number of carbonyl (C=O) groups excluding carboxylic acids is 1. The van der Waals surface area contributed by atoms with Crippen molar-refractivity contribution in [3.05, 3.63) is 58.6 Å². The number of aromatic nitrogens is 2. The molecule has 1 aromatic heterocycles. The number of fused-ring (bicyclic) bond motifs is 1. The Kier molecular flexibility index (Phi) is 5.03. The Labute approximate surface area is 163 Å². The van der Waals surface area contributed by atoms with E-state index in [0.717, 1.165) is 48.5 Å². The first-order chi connectivity index (χ1) is 13.1. The van der Waals surface area contributed by atoms with Crippen molar-refractivity contribution in [1.82, 2.24) is 15.3 Å². The Morgan fingerprint density at radius 2 is 2.04 bits per heavy atom. The molecule has 1 aliphatic heterocycles. The van der Waals surface area contributed by atoms with Crippen LogP contribution in [0, 0.1) is 12.8 Å². The highest BCUT2D eigenvalue weighted by molar-refractivity contribution is 6.31. The van der Waals surface area contributed by atoms with E-state index < -0.39 is 0 Å². The summed E-state index contributed by atoms with van der Waals surface area (Å²) >= 11 is 6.16. The molecule has 0 atom stereocenters. The lowest BCUT2D eigenvalue weighted by Gasteiger charge is -2.31. The Morgan fingerprint density at radius 3 is 2.81 bits per heavy atom. The van der Waals surface area contributed by atoms with Gasteiger partial charge in [-0.1, -0.05) is 35.9 Å². The second kappa shape index (κ2) is 7.61. The zero-order valence-electron chi connectivity index (χ0n) is 15.3. The summed E-state index contributed by atoms with van der Waals surface area (Å²) in [6.45, 7) is 4.19. The van der Waals surface area contributed by atoms with Crippen LogP contribution in [0.2, 0.25) is 5.02 Å². The summed E-state index contributed by atoms with van der Waals surface area (Å²) < 4.78 is 0. The van der Waals surface area contributed by atoms with Crippen LogP contribution in [-0.2, 0) is 11.3 Å². The Hall–Kier alpha value is -2.53. The van der Waals surface area contributed by atoms with Crippen LogP contribution in [0.1, 0.15) is 24.0 Å². The van der Waals surface area contributed by atoms with Gasteiger partial charge in [0.1, 0.15) is 0 Å². The molecule has 3 aromatic rings. The average molecular weight is 383 g/mol. The van der Waals surface area contributed by atoms with Crippen molar-refractivity contribution < 1.29 is 4.79 Å². The average Bonchev–Trinajstić information content (AvgIpc) is 3.10. The molecule has 0 aliphatic carbocycles. The number of hydrogen-bond donors (Lipinski definition) is 2. The molecule has 1 saturated heterocycles. The summed E-state index contributed by atoms with van der Waals surface area (Å²) in [7, 11) is 0. The van der Waals surface area contributed by atoms with E-state index in [1.165, 1.54) is 5.56 Å². The zero-order valence-corrected chi connectivity index (χ0v) is 16.1. The third-order valence-corrected chi connectivity index (χ3v) is 5.57. The summed E-state index contributed by atoms with van der Waals surface area (Å²) in [5.41, 5.74) is 4.20. The van der Waals surface area contributed by atoms with Crippen molar-refractivity contribution in [2.45, 2.75) is 26.3 Å². The number of aromatic amines is 1. The van der Waals surface area contributed by atoms with Crippen molar-refractivity contribution in [2.24, 2.45) is 5.92 Å². The molecule has 2 heterocycles. The Morgan fingerprint density at radius 1 is 1.26 bits per heavy atom. The standard InChI is InChI=1S/C21H23ClN4O/c1-14-6-7-18-19(12-14)25-21(24-18)26-10-8-15(9-11-26)20(27)23-13-16-4-2-3-5-17(16)22/h2-7,12,15H,8-11,13H2,1H3,(H,23,27)(H,24,25). The van der Waals surface area contributed by atoms with E-state index >= 15 is 0 Å². The molecule has 0 unspecified atom stereocenters. The summed E-state index contributed by atoms with van der Waals surface area (Å²) in [6, 6.07) is 13.8. The minimum atomic E-state index is 0.0374. The number of nitrogens with zero attached hydrogens (tertiary/aromatic N) is 2. The number of H-pyrrole nitrogens is 1. The van der Waals surface area contributed by atoms with Gasteiger partial charge >= 0.3 is 0 Å². The molecule has 0 radical (unpaired) electrons. The Balaban J connectivity index is 1.34. The van der Waals surface area contributed by atoms with E-state index in [4.69, 9.17) is 11.6 Å². The number of imidazole rings is 1. The van der Waals surface area contributed by atoms with E-state index in [2.05, 4.69) is 39.2 Å². The number of nitrogens with one attached hydrogen (secondary N) is 2. The molecule has 0 spiro atoms. The lowest BCUT2D eigenvalue weighted by atomic mass is 9.96. The normalized spacial score (nSPS) is 15.3. The second-order valence-electron chi connectivity index (χ2n) is 7.15. The lowest BCUT2D eigenvalue weighted by Crippen LogP contribution is -2.40. The first kappa shape index (κ1) is 17.9. The lowest BCUT2D eigenvalue weighted by molar-refractivity contribution is -0.125. The highest BCUT2D eigenvalue weighted by Gasteiger charge is 2.26.